The molecular formula is C27H32N2O6. The molecule has 8 nitrogen and oxygen atoms in total. The molecule has 0 unspecified atom stereocenters. The zero-order valence-electron chi connectivity index (χ0n) is 20.3. The van der Waals surface area contributed by atoms with Gasteiger partial charge in [-0.1, -0.05) is 48.5 Å². The van der Waals surface area contributed by atoms with Gasteiger partial charge >= 0.3 is 18.2 Å². The number of nitrogens with zero attached hydrogens (tertiary/aromatic N) is 1. The molecule has 2 aromatic carbocycles. The van der Waals surface area contributed by atoms with Crippen molar-refractivity contribution in [3.63, 3.8) is 0 Å². The number of carbonyl (C=O) groups excluding carboxylic acids is 2. The van der Waals surface area contributed by atoms with Crippen LogP contribution in [0.1, 0.15) is 50.7 Å². The fraction of sp³-hybridized carbons (Fsp3) is 0.444. The number of nitrogens with one attached hydrogen (secondary N) is 1. The van der Waals surface area contributed by atoms with E-state index in [1.807, 2.05) is 24.3 Å². The van der Waals surface area contributed by atoms with Gasteiger partial charge in [0.2, 0.25) is 0 Å². The standard InChI is InChI=1S/C27H32N2O6/c1-27(2,3)35-26(33)29-14-17(24(30)31)12-13-18(15-29)28-25(32)34-16-23-21-10-6-4-8-19(21)20-9-5-7-11-22(20)23/h4-11,17-18,23H,12-16H2,1-3H3,(H,28,32)(H,30,31)/t17-,18-/m1/s1. The summed E-state index contributed by atoms with van der Waals surface area (Å²) >= 11 is 0. The Morgan fingerprint density at radius 3 is 2.14 bits per heavy atom. The quantitative estimate of drug-likeness (QED) is 0.661. The second-order valence-corrected chi connectivity index (χ2v) is 10.2. The molecule has 1 aliphatic heterocycles. The zero-order chi connectivity index (χ0) is 25.2. The van der Waals surface area contributed by atoms with Crippen molar-refractivity contribution in [3.05, 3.63) is 59.7 Å². The molecular weight excluding hydrogens is 448 g/mol. The monoisotopic (exact) mass is 480 g/mol. The Morgan fingerprint density at radius 1 is 0.971 bits per heavy atom. The van der Waals surface area contributed by atoms with Gasteiger partial charge in [-0.3, -0.25) is 4.79 Å². The molecule has 8 heteroatoms. The molecule has 1 saturated heterocycles. The maximum absolute atomic E-state index is 12.7. The fourth-order valence-corrected chi connectivity index (χ4v) is 4.79. The lowest BCUT2D eigenvalue weighted by Gasteiger charge is -2.29. The number of carboxylic acids is 1. The molecule has 0 spiro atoms. The Morgan fingerprint density at radius 2 is 1.57 bits per heavy atom. The van der Waals surface area contributed by atoms with Crippen molar-refractivity contribution in [3.8, 4) is 11.1 Å². The molecule has 2 aromatic rings. The van der Waals surface area contributed by atoms with Gasteiger partial charge in [0.1, 0.15) is 12.2 Å². The number of benzene rings is 2. The Kier molecular flexibility index (Phi) is 7.00. The molecule has 2 atom stereocenters. The molecule has 2 amide bonds. The highest BCUT2D eigenvalue weighted by molar-refractivity contribution is 5.79. The van der Waals surface area contributed by atoms with Crippen LogP contribution in [-0.2, 0) is 14.3 Å². The van der Waals surface area contributed by atoms with Crippen molar-refractivity contribution >= 4 is 18.2 Å². The van der Waals surface area contributed by atoms with Crippen LogP contribution in [0.4, 0.5) is 9.59 Å². The molecule has 0 bridgehead atoms. The van der Waals surface area contributed by atoms with E-state index in [0.717, 1.165) is 22.3 Å². The first-order valence-electron chi connectivity index (χ1n) is 11.9. The minimum absolute atomic E-state index is 0.0348. The molecule has 1 heterocycles. The largest absolute Gasteiger partial charge is 0.481 e. The van der Waals surface area contributed by atoms with Gasteiger partial charge in [-0.15, -0.1) is 0 Å². The molecule has 0 saturated carbocycles. The van der Waals surface area contributed by atoms with E-state index in [1.54, 1.807) is 20.8 Å². The average Bonchev–Trinajstić information content (AvgIpc) is 2.95. The number of hydrogen-bond donors (Lipinski definition) is 2. The maximum Gasteiger partial charge on any atom is 0.410 e. The Balaban J connectivity index is 1.41. The molecule has 35 heavy (non-hydrogen) atoms. The minimum Gasteiger partial charge on any atom is -0.481 e. The van der Waals surface area contributed by atoms with Crippen LogP contribution < -0.4 is 5.32 Å². The van der Waals surface area contributed by atoms with E-state index in [4.69, 9.17) is 9.47 Å². The topological polar surface area (TPSA) is 105 Å². The lowest BCUT2D eigenvalue weighted by atomic mass is 9.98. The summed E-state index contributed by atoms with van der Waals surface area (Å²) in [6.45, 7) is 5.63. The number of alkyl carbamates (subject to hydrolysis) is 1. The predicted molar refractivity (Wildman–Crippen MR) is 130 cm³/mol. The SMILES string of the molecule is CC(C)(C)OC(=O)N1C[C@H](NC(=O)OCC2c3ccccc3-c3ccccc32)CC[C@@H](C(=O)O)C1. The summed E-state index contributed by atoms with van der Waals surface area (Å²) in [5.74, 6) is -1.76. The van der Waals surface area contributed by atoms with E-state index in [-0.39, 0.29) is 25.6 Å². The van der Waals surface area contributed by atoms with Crippen LogP contribution in [0.5, 0.6) is 0 Å². The van der Waals surface area contributed by atoms with E-state index in [1.165, 1.54) is 4.90 Å². The number of carbonyl (C=O) groups is 3. The van der Waals surface area contributed by atoms with Crippen molar-refractivity contribution in [2.75, 3.05) is 19.7 Å². The van der Waals surface area contributed by atoms with Crippen molar-refractivity contribution in [2.45, 2.75) is 51.2 Å². The first kappa shape index (κ1) is 24.6. The fourth-order valence-electron chi connectivity index (χ4n) is 4.79. The Hall–Kier alpha value is -3.55. The molecule has 4 rings (SSSR count). The third kappa shape index (κ3) is 5.75. The van der Waals surface area contributed by atoms with E-state index < -0.39 is 35.7 Å². The van der Waals surface area contributed by atoms with E-state index in [0.29, 0.717) is 12.8 Å². The molecule has 1 fully saturated rings. The number of fused-ring (bicyclic) bond motifs is 3. The van der Waals surface area contributed by atoms with Gasteiger partial charge < -0.3 is 24.8 Å². The molecule has 0 aromatic heterocycles. The molecule has 0 radical (unpaired) electrons. The summed E-state index contributed by atoms with van der Waals surface area (Å²) in [6, 6.07) is 15.8. The highest BCUT2D eigenvalue weighted by atomic mass is 16.6. The number of amides is 2. The van der Waals surface area contributed by atoms with Gasteiger partial charge in [-0.05, 0) is 55.9 Å². The summed E-state index contributed by atoms with van der Waals surface area (Å²) in [4.78, 5) is 38.4. The number of rotatable bonds is 4. The first-order valence-corrected chi connectivity index (χ1v) is 11.9. The highest BCUT2D eigenvalue weighted by Gasteiger charge is 2.34. The van der Waals surface area contributed by atoms with Gasteiger partial charge in [0, 0.05) is 25.0 Å². The van der Waals surface area contributed by atoms with E-state index in [2.05, 4.69) is 29.6 Å². The van der Waals surface area contributed by atoms with Crippen LogP contribution in [-0.4, -0.2) is 59.5 Å². The summed E-state index contributed by atoms with van der Waals surface area (Å²) in [7, 11) is 0. The normalized spacial score (nSPS) is 19.8. The van der Waals surface area contributed by atoms with Crippen LogP contribution in [0.25, 0.3) is 11.1 Å². The number of ether oxygens (including phenoxy) is 2. The molecule has 186 valence electrons. The van der Waals surface area contributed by atoms with Crippen LogP contribution in [0.15, 0.2) is 48.5 Å². The summed E-state index contributed by atoms with van der Waals surface area (Å²) in [5.41, 5.74) is 3.83. The van der Waals surface area contributed by atoms with Gasteiger partial charge in [0.05, 0.1) is 5.92 Å². The first-order chi connectivity index (χ1) is 16.6. The second-order valence-electron chi connectivity index (χ2n) is 10.2. The Labute approximate surface area is 205 Å². The third-order valence-electron chi connectivity index (χ3n) is 6.41. The lowest BCUT2D eigenvalue weighted by molar-refractivity contribution is -0.142. The maximum atomic E-state index is 12.7. The minimum atomic E-state index is -0.972. The van der Waals surface area contributed by atoms with Gasteiger partial charge in [-0.25, -0.2) is 9.59 Å². The summed E-state index contributed by atoms with van der Waals surface area (Å²) in [5, 5.41) is 12.4. The highest BCUT2D eigenvalue weighted by Crippen LogP contribution is 2.44. The summed E-state index contributed by atoms with van der Waals surface area (Å²) in [6.07, 6.45) is -0.427. The van der Waals surface area contributed by atoms with Gasteiger partial charge in [0.15, 0.2) is 0 Å². The third-order valence-corrected chi connectivity index (χ3v) is 6.41. The smallest absolute Gasteiger partial charge is 0.410 e. The van der Waals surface area contributed by atoms with Crippen molar-refractivity contribution < 1.29 is 29.0 Å². The number of hydrogen-bond acceptors (Lipinski definition) is 5. The molecule has 1 aliphatic carbocycles. The number of aliphatic carboxylic acids is 1. The van der Waals surface area contributed by atoms with Crippen molar-refractivity contribution in [1.82, 2.24) is 10.2 Å². The zero-order valence-corrected chi connectivity index (χ0v) is 20.3. The lowest BCUT2D eigenvalue weighted by Crippen LogP contribution is -2.47. The van der Waals surface area contributed by atoms with Gasteiger partial charge in [-0.2, -0.15) is 0 Å². The van der Waals surface area contributed by atoms with Crippen LogP contribution in [0.2, 0.25) is 0 Å². The van der Waals surface area contributed by atoms with E-state index >= 15 is 0 Å². The molecule has 2 aliphatic rings. The van der Waals surface area contributed by atoms with Crippen molar-refractivity contribution in [1.29, 1.82) is 0 Å². The number of carboxylic acid groups (broad SMARTS) is 1. The number of likely N-dealkylation sites (tertiary alicyclic amines) is 1. The van der Waals surface area contributed by atoms with Crippen molar-refractivity contribution in [2.24, 2.45) is 5.92 Å². The predicted octanol–water partition coefficient (Wildman–Crippen LogP) is 4.63. The average molecular weight is 481 g/mol. The van der Waals surface area contributed by atoms with E-state index in [9.17, 15) is 19.5 Å². The Bertz CT molecular complexity index is 1060. The second kappa shape index (κ2) is 9.98. The summed E-state index contributed by atoms with van der Waals surface area (Å²) < 4.78 is 11.1. The van der Waals surface area contributed by atoms with Crippen LogP contribution in [0.3, 0.4) is 0 Å². The van der Waals surface area contributed by atoms with Gasteiger partial charge in [0.25, 0.3) is 0 Å². The van der Waals surface area contributed by atoms with Crippen LogP contribution >= 0.6 is 0 Å². The molecule has 2 N–H and O–H groups in total. The van der Waals surface area contributed by atoms with Crippen LogP contribution in [0, 0.1) is 5.92 Å².